The SMILES string of the molecule is CCCCCS(=O)(=O)CCCC(=O)Nc1ccccc1N. The van der Waals surface area contributed by atoms with Crippen LogP contribution in [0.3, 0.4) is 0 Å². The molecule has 118 valence electrons. The van der Waals surface area contributed by atoms with Crippen molar-refractivity contribution in [3.8, 4) is 0 Å². The van der Waals surface area contributed by atoms with Crippen LogP contribution in [0.1, 0.15) is 39.0 Å². The Morgan fingerprint density at radius 2 is 1.81 bits per heavy atom. The fourth-order valence-electron chi connectivity index (χ4n) is 1.95. The van der Waals surface area contributed by atoms with Crippen molar-refractivity contribution in [1.82, 2.24) is 0 Å². The zero-order chi connectivity index (χ0) is 15.7. The quantitative estimate of drug-likeness (QED) is 0.542. The number of rotatable bonds is 9. The normalized spacial score (nSPS) is 11.3. The Labute approximate surface area is 126 Å². The van der Waals surface area contributed by atoms with Crippen molar-refractivity contribution in [2.45, 2.75) is 39.0 Å². The molecule has 0 radical (unpaired) electrons. The van der Waals surface area contributed by atoms with Crippen LogP contribution in [0.2, 0.25) is 0 Å². The molecule has 1 rings (SSSR count). The van der Waals surface area contributed by atoms with Crippen molar-refractivity contribution < 1.29 is 13.2 Å². The van der Waals surface area contributed by atoms with Gasteiger partial charge in [-0.2, -0.15) is 0 Å². The predicted octanol–water partition coefficient (Wildman–Crippen LogP) is 2.59. The molecule has 0 aromatic heterocycles. The van der Waals surface area contributed by atoms with E-state index in [2.05, 4.69) is 5.32 Å². The molecule has 0 aliphatic rings. The molecule has 0 spiro atoms. The van der Waals surface area contributed by atoms with Crippen molar-refractivity contribution in [3.63, 3.8) is 0 Å². The Kier molecular flexibility index (Phi) is 7.22. The number of hydrogen-bond acceptors (Lipinski definition) is 4. The molecule has 0 saturated heterocycles. The fourth-order valence-corrected chi connectivity index (χ4v) is 3.38. The molecule has 0 saturated carbocycles. The minimum Gasteiger partial charge on any atom is -0.397 e. The van der Waals surface area contributed by atoms with Crippen LogP contribution < -0.4 is 11.1 Å². The van der Waals surface area contributed by atoms with E-state index in [0.717, 1.165) is 12.8 Å². The summed E-state index contributed by atoms with van der Waals surface area (Å²) >= 11 is 0. The number of carbonyl (C=O) groups excluding carboxylic acids is 1. The van der Waals surface area contributed by atoms with Gasteiger partial charge in [-0.15, -0.1) is 0 Å². The largest absolute Gasteiger partial charge is 0.397 e. The first kappa shape index (κ1) is 17.5. The third kappa shape index (κ3) is 7.13. The van der Waals surface area contributed by atoms with Gasteiger partial charge in [0.2, 0.25) is 5.91 Å². The highest BCUT2D eigenvalue weighted by molar-refractivity contribution is 7.91. The Hall–Kier alpha value is -1.56. The van der Waals surface area contributed by atoms with E-state index in [0.29, 0.717) is 24.2 Å². The maximum absolute atomic E-state index is 11.7. The summed E-state index contributed by atoms with van der Waals surface area (Å²) in [5.74, 6) is 0.0688. The van der Waals surface area contributed by atoms with Crippen LogP contribution in [0.4, 0.5) is 11.4 Å². The lowest BCUT2D eigenvalue weighted by molar-refractivity contribution is -0.116. The van der Waals surface area contributed by atoms with E-state index in [1.54, 1.807) is 24.3 Å². The number of para-hydroxylation sites is 2. The van der Waals surface area contributed by atoms with Gasteiger partial charge in [0.15, 0.2) is 0 Å². The molecule has 0 aliphatic carbocycles. The molecular formula is C15H24N2O3S. The molecule has 21 heavy (non-hydrogen) atoms. The van der Waals surface area contributed by atoms with Gasteiger partial charge >= 0.3 is 0 Å². The molecule has 5 nitrogen and oxygen atoms in total. The lowest BCUT2D eigenvalue weighted by atomic mass is 10.2. The van der Waals surface area contributed by atoms with Crippen molar-refractivity contribution in [2.24, 2.45) is 0 Å². The molecule has 1 aromatic carbocycles. The fraction of sp³-hybridized carbons (Fsp3) is 0.533. The second-order valence-electron chi connectivity index (χ2n) is 5.10. The summed E-state index contributed by atoms with van der Waals surface area (Å²) in [6, 6.07) is 6.99. The van der Waals surface area contributed by atoms with Crippen LogP contribution in [0.15, 0.2) is 24.3 Å². The average Bonchev–Trinajstić information content (AvgIpc) is 2.41. The van der Waals surface area contributed by atoms with E-state index in [1.807, 2.05) is 6.92 Å². The topological polar surface area (TPSA) is 89.3 Å². The third-order valence-corrected chi connectivity index (χ3v) is 4.97. The summed E-state index contributed by atoms with van der Waals surface area (Å²) in [5, 5.41) is 2.69. The van der Waals surface area contributed by atoms with Gasteiger partial charge in [-0.1, -0.05) is 31.9 Å². The van der Waals surface area contributed by atoms with Crippen molar-refractivity contribution in [1.29, 1.82) is 0 Å². The first-order chi connectivity index (χ1) is 9.94. The molecule has 0 unspecified atom stereocenters. The lowest BCUT2D eigenvalue weighted by Crippen LogP contribution is -2.16. The number of sulfone groups is 1. The van der Waals surface area contributed by atoms with Crippen molar-refractivity contribution >= 4 is 27.1 Å². The van der Waals surface area contributed by atoms with Gasteiger partial charge in [-0.3, -0.25) is 4.79 Å². The highest BCUT2D eigenvalue weighted by atomic mass is 32.2. The van der Waals surface area contributed by atoms with Gasteiger partial charge in [0.05, 0.1) is 22.9 Å². The van der Waals surface area contributed by atoms with E-state index in [-0.39, 0.29) is 23.8 Å². The highest BCUT2D eigenvalue weighted by Gasteiger charge is 2.12. The molecular weight excluding hydrogens is 288 g/mol. The second kappa shape index (κ2) is 8.67. The number of nitrogens with one attached hydrogen (secondary N) is 1. The van der Waals surface area contributed by atoms with E-state index in [4.69, 9.17) is 5.73 Å². The maximum atomic E-state index is 11.7. The molecule has 6 heteroatoms. The van der Waals surface area contributed by atoms with Crippen molar-refractivity contribution in [2.75, 3.05) is 22.6 Å². The van der Waals surface area contributed by atoms with Gasteiger partial charge in [-0.05, 0) is 25.0 Å². The molecule has 0 atom stereocenters. The number of anilines is 2. The van der Waals surface area contributed by atoms with Gasteiger partial charge in [0.25, 0.3) is 0 Å². The monoisotopic (exact) mass is 312 g/mol. The van der Waals surface area contributed by atoms with E-state index in [1.165, 1.54) is 0 Å². The van der Waals surface area contributed by atoms with Crippen LogP contribution in [0.5, 0.6) is 0 Å². The van der Waals surface area contributed by atoms with Gasteiger partial charge < -0.3 is 11.1 Å². The minimum absolute atomic E-state index is 0.0639. The van der Waals surface area contributed by atoms with Crippen LogP contribution in [-0.4, -0.2) is 25.8 Å². The Morgan fingerprint density at radius 3 is 2.48 bits per heavy atom. The number of benzene rings is 1. The van der Waals surface area contributed by atoms with Crippen LogP contribution in [0, 0.1) is 0 Å². The second-order valence-corrected chi connectivity index (χ2v) is 7.40. The molecule has 0 heterocycles. The van der Waals surface area contributed by atoms with Gasteiger partial charge in [0, 0.05) is 6.42 Å². The van der Waals surface area contributed by atoms with E-state index >= 15 is 0 Å². The Balaban J connectivity index is 2.32. The van der Waals surface area contributed by atoms with Crippen LogP contribution >= 0.6 is 0 Å². The zero-order valence-electron chi connectivity index (χ0n) is 12.5. The Bertz CT molecular complexity index is 556. The lowest BCUT2D eigenvalue weighted by Gasteiger charge is -2.08. The van der Waals surface area contributed by atoms with Crippen LogP contribution in [-0.2, 0) is 14.6 Å². The molecule has 0 fully saturated rings. The van der Waals surface area contributed by atoms with Crippen molar-refractivity contribution in [3.05, 3.63) is 24.3 Å². The standard InChI is InChI=1S/C15H24N2O3S/c1-2-3-6-11-21(19,20)12-7-10-15(18)17-14-9-5-4-8-13(14)16/h4-5,8-9H,2-3,6-7,10-12,16H2,1H3,(H,17,18). The zero-order valence-corrected chi connectivity index (χ0v) is 13.3. The minimum atomic E-state index is -3.04. The summed E-state index contributed by atoms with van der Waals surface area (Å²) in [5.41, 5.74) is 6.79. The molecule has 1 aromatic rings. The third-order valence-electron chi connectivity index (χ3n) is 3.15. The predicted molar refractivity (Wildman–Crippen MR) is 86.9 cm³/mol. The van der Waals surface area contributed by atoms with Gasteiger partial charge in [-0.25, -0.2) is 8.42 Å². The number of carbonyl (C=O) groups is 1. The summed E-state index contributed by atoms with van der Waals surface area (Å²) in [6.45, 7) is 2.03. The summed E-state index contributed by atoms with van der Waals surface area (Å²) in [7, 11) is -3.04. The Morgan fingerprint density at radius 1 is 1.14 bits per heavy atom. The molecule has 3 N–H and O–H groups in total. The number of amides is 1. The summed E-state index contributed by atoms with van der Waals surface area (Å²) < 4.78 is 23.5. The number of nitrogens with two attached hydrogens (primary N) is 1. The summed E-state index contributed by atoms with van der Waals surface area (Å²) in [6.07, 6.45) is 3.14. The summed E-state index contributed by atoms with van der Waals surface area (Å²) in [4.78, 5) is 11.7. The maximum Gasteiger partial charge on any atom is 0.224 e. The highest BCUT2D eigenvalue weighted by Crippen LogP contribution is 2.17. The molecule has 0 aliphatic heterocycles. The first-order valence-electron chi connectivity index (χ1n) is 7.29. The number of unbranched alkanes of at least 4 members (excludes halogenated alkanes) is 2. The van der Waals surface area contributed by atoms with E-state index in [9.17, 15) is 13.2 Å². The molecule has 1 amide bonds. The smallest absolute Gasteiger partial charge is 0.224 e. The van der Waals surface area contributed by atoms with E-state index < -0.39 is 9.84 Å². The molecule has 0 bridgehead atoms. The number of nitrogen functional groups attached to an aromatic ring is 1. The first-order valence-corrected chi connectivity index (χ1v) is 9.11. The van der Waals surface area contributed by atoms with Gasteiger partial charge in [0.1, 0.15) is 9.84 Å². The number of hydrogen-bond donors (Lipinski definition) is 2. The van der Waals surface area contributed by atoms with Crippen LogP contribution in [0.25, 0.3) is 0 Å². The average molecular weight is 312 g/mol.